The van der Waals surface area contributed by atoms with Crippen LogP contribution in [0, 0.1) is 10.1 Å². The Morgan fingerprint density at radius 3 is 2.81 bits per heavy atom. The molecule has 0 spiro atoms. The Hall–Kier alpha value is -1.89. The fraction of sp³-hybridized carbons (Fsp3) is 0.444. The molecule has 16 heavy (non-hydrogen) atoms. The predicted molar refractivity (Wildman–Crippen MR) is 56.1 cm³/mol. The van der Waals surface area contributed by atoms with Gasteiger partial charge in [0.25, 0.3) is 11.6 Å². The number of amides is 1. The molecule has 0 fully saturated rings. The van der Waals surface area contributed by atoms with Crippen LogP contribution in [-0.4, -0.2) is 45.5 Å². The molecule has 1 aromatic rings. The van der Waals surface area contributed by atoms with Gasteiger partial charge in [-0.2, -0.15) is 0 Å². The van der Waals surface area contributed by atoms with Crippen molar-refractivity contribution >= 4 is 11.6 Å². The summed E-state index contributed by atoms with van der Waals surface area (Å²) in [7, 11) is 1.52. The number of likely N-dealkylation sites (N-methyl/N-ethyl adjacent to an activating group) is 1. The lowest BCUT2D eigenvalue weighted by Crippen LogP contribution is -2.33. The van der Waals surface area contributed by atoms with Gasteiger partial charge in [-0.05, 0) is 6.92 Å². The average molecular weight is 227 g/mol. The lowest BCUT2D eigenvalue weighted by Gasteiger charge is -2.17. The first-order chi connectivity index (χ1) is 7.41. The lowest BCUT2D eigenvalue weighted by atomic mass is 10.3. The van der Waals surface area contributed by atoms with E-state index >= 15 is 0 Å². The normalized spacial score (nSPS) is 12.2. The Bertz CT molecular complexity index is 399. The molecule has 0 aliphatic heterocycles. The zero-order valence-electron chi connectivity index (χ0n) is 9.01. The van der Waals surface area contributed by atoms with Crippen LogP contribution < -0.4 is 0 Å². The molecule has 1 atom stereocenters. The summed E-state index contributed by atoms with van der Waals surface area (Å²) in [5.74, 6) is -0.394. The molecule has 0 radical (unpaired) electrons. The first-order valence-corrected chi connectivity index (χ1v) is 4.68. The second-order valence-corrected chi connectivity index (χ2v) is 3.56. The van der Waals surface area contributed by atoms with Crippen molar-refractivity contribution in [2.75, 3.05) is 13.6 Å². The molecule has 7 nitrogen and oxygen atoms in total. The summed E-state index contributed by atoms with van der Waals surface area (Å²) < 4.78 is 0. The van der Waals surface area contributed by atoms with Crippen molar-refractivity contribution in [1.82, 2.24) is 9.88 Å². The minimum atomic E-state index is -0.640. The number of carbonyl (C=O) groups is 1. The number of nitrogens with one attached hydrogen (secondary N) is 1. The standard InChI is InChI=1S/C9H13N3O4/c1-6(13)5-11(2)9(14)8-3-7(4-10-8)12(15)16/h3-4,6,10,13H,5H2,1-2H3. The van der Waals surface area contributed by atoms with Crippen molar-refractivity contribution < 1.29 is 14.8 Å². The minimum absolute atomic E-state index is 0.134. The maximum atomic E-state index is 11.7. The van der Waals surface area contributed by atoms with E-state index in [4.69, 9.17) is 5.11 Å². The summed E-state index contributed by atoms with van der Waals surface area (Å²) in [6.07, 6.45) is 0.516. The van der Waals surface area contributed by atoms with E-state index < -0.39 is 16.9 Å². The molecule has 1 rings (SSSR count). The van der Waals surface area contributed by atoms with Crippen molar-refractivity contribution in [1.29, 1.82) is 0 Å². The number of hydrogen-bond donors (Lipinski definition) is 2. The Balaban J connectivity index is 2.76. The third-order valence-corrected chi connectivity index (χ3v) is 1.99. The van der Waals surface area contributed by atoms with Crippen molar-refractivity contribution in [2.24, 2.45) is 0 Å². The number of aromatic nitrogens is 1. The number of rotatable bonds is 4. The van der Waals surface area contributed by atoms with Crippen LogP contribution in [0.3, 0.4) is 0 Å². The molecule has 0 saturated heterocycles. The maximum Gasteiger partial charge on any atom is 0.287 e. The summed E-state index contributed by atoms with van der Waals surface area (Å²) >= 11 is 0. The van der Waals surface area contributed by atoms with Crippen molar-refractivity contribution in [2.45, 2.75) is 13.0 Å². The van der Waals surface area contributed by atoms with E-state index in [9.17, 15) is 14.9 Å². The monoisotopic (exact) mass is 227 g/mol. The smallest absolute Gasteiger partial charge is 0.287 e. The highest BCUT2D eigenvalue weighted by Crippen LogP contribution is 2.13. The van der Waals surface area contributed by atoms with Gasteiger partial charge in [0.2, 0.25) is 0 Å². The highest BCUT2D eigenvalue weighted by atomic mass is 16.6. The summed E-state index contributed by atoms with van der Waals surface area (Å²) in [6.45, 7) is 1.73. The molecule has 1 aromatic heterocycles. The van der Waals surface area contributed by atoms with E-state index in [1.54, 1.807) is 6.92 Å². The topological polar surface area (TPSA) is 99.5 Å². The summed E-state index contributed by atoms with van der Waals surface area (Å²) in [5, 5.41) is 19.5. The SMILES string of the molecule is CC(O)CN(C)C(=O)c1cc([N+](=O)[O-])c[nH]1. The summed E-state index contributed by atoms with van der Waals surface area (Å²) in [5.41, 5.74) is -0.0244. The van der Waals surface area contributed by atoms with Crippen LogP contribution in [-0.2, 0) is 0 Å². The molecule has 0 aliphatic carbocycles. The molecule has 1 heterocycles. The average Bonchev–Trinajstić information content (AvgIpc) is 2.64. The summed E-state index contributed by atoms with van der Waals surface area (Å²) in [4.78, 5) is 25.3. The molecule has 2 N–H and O–H groups in total. The van der Waals surface area contributed by atoms with Gasteiger partial charge in [-0.25, -0.2) is 0 Å². The van der Waals surface area contributed by atoms with Crippen LogP contribution in [0.5, 0.6) is 0 Å². The first-order valence-electron chi connectivity index (χ1n) is 4.68. The van der Waals surface area contributed by atoms with Gasteiger partial charge >= 0.3 is 0 Å². The number of hydrogen-bond acceptors (Lipinski definition) is 4. The van der Waals surface area contributed by atoms with Crippen LogP contribution in [0.25, 0.3) is 0 Å². The predicted octanol–water partition coefficient (Wildman–Crippen LogP) is 0.376. The molecular weight excluding hydrogens is 214 g/mol. The van der Waals surface area contributed by atoms with Gasteiger partial charge in [-0.1, -0.05) is 0 Å². The third-order valence-electron chi connectivity index (χ3n) is 1.99. The van der Waals surface area contributed by atoms with Gasteiger partial charge < -0.3 is 15.0 Å². The molecule has 88 valence electrons. The Morgan fingerprint density at radius 1 is 1.75 bits per heavy atom. The van der Waals surface area contributed by atoms with Gasteiger partial charge in [-0.15, -0.1) is 0 Å². The molecule has 0 aliphatic rings. The van der Waals surface area contributed by atoms with E-state index in [1.165, 1.54) is 18.0 Å². The molecule has 0 bridgehead atoms. The van der Waals surface area contributed by atoms with Crippen LogP contribution in [0.4, 0.5) is 5.69 Å². The van der Waals surface area contributed by atoms with Gasteiger partial charge in [0.1, 0.15) is 5.69 Å². The van der Waals surface area contributed by atoms with E-state index in [-0.39, 0.29) is 17.9 Å². The largest absolute Gasteiger partial charge is 0.392 e. The minimum Gasteiger partial charge on any atom is -0.392 e. The highest BCUT2D eigenvalue weighted by molar-refractivity contribution is 5.93. The molecule has 7 heteroatoms. The van der Waals surface area contributed by atoms with Crippen LogP contribution in [0.1, 0.15) is 17.4 Å². The molecule has 0 aromatic carbocycles. The number of nitro groups is 1. The molecular formula is C9H13N3O4. The quantitative estimate of drug-likeness (QED) is 0.573. The van der Waals surface area contributed by atoms with Crippen LogP contribution in [0.15, 0.2) is 12.3 Å². The number of aromatic amines is 1. The van der Waals surface area contributed by atoms with Gasteiger partial charge in [-0.3, -0.25) is 14.9 Å². The number of aliphatic hydroxyl groups is 1. The summed E-state index contributed by atoms with van der Waals surface area (Å²) in [6, 6.07) is 1.17. The second kappa shape index (κ2) is 4.75. The lowest BCUT2D eigenvalue weighted by molar-refractivity contribution is -0.384. The van der Waals surface area contributed by atoms with Gasteiger partial charge in [0.05, 0.1) is 17.2 Å². The maximum absolute atomic E-state index is 11.7. The van der Waals surface area contributed by atoms with Gasteiger partial charge in [0.15, 0.2) is 0 Å². The fourth-order valence-corrected chi connectivity index (χ4v) is 1.30. The number of aliphatic hydroxyl groups excluding tert-OH is 1. The number of carbonyl (C=O) groups excluding carboxylic acids is 1. The van der Waals surface area contributed by atoms with Gasteiger partial charge in [0, 0.05) is 19.7 Å². The van der Waals surface area contributed by atoms with Crippen LogP contribution in [0.2, 0.25) is 0 Å². The van der Waals surface area contributed by atoms with Crippen molar-refractivity contribution in [3.05, 3.63) is 28.1 Å². The highest BCUT2D eigenvalue weighted by Gasteiger charge is 2.18. The Labute approximate surface area is 91.8 Å². The van der Waals surface area contributed by atoms with Crippen molar-refractivity contribution in [3.63, 3.8) is 0 Å². The second-order valence-electron chi connectivity index (χ2n) is 3.56. The van der Waals surface area contributed by atoms with E-state index in [0.717, 1.165) is 6.20 Å². The molecule has 0 saturated carbocycles. The fourth-order valence-electron chi connectivity index (χ4n) is 1.30. The number of H-pyrrole nitrogens is 1. The first kappa shape index (κ1) is 12.2. The zero-order valence-corrected chi connectivity index (χ0v) is 9.01. The molecule has 1 unspecified atom stereocenters. The van der Waals surface area contributed by atoms with E-state index in [0.29, 0.717) is 0 Å². The molecule has 1 amide bonds. The van der Waals surface area contributed by atoms with Crippen LogP contribution >= 0.6 is 0 Å². The Kier molecular flexibility index (Phi) is 3.62. The van der Waals surface area contributed by atoms with Crippen molar-refractivity contribution in [3.8, 4) is 0 Å². The third kappa shape index (κ3) is 2.80. The Morgan fingerprint density at radius 2 is 2.38 bits per heavy atom. The zero-order chi connectivity index (χ0) is 12.3. The van der Waals surface area contributed by atoms with E-state index in [2.05, 4.69) is 4.98 Å². The number of nitrogens with zero attached hydrogens (tertiary/aromatic N) is 2. The van der Waals surface area contributed by atoms with E-state index in [1.807, 2.05) is 0 Å².